The second-order valence-corrected chi connectivity index (χ2v) is 12.3. The van der Waals surface area contributed by atoms with E-state index in [0.717, 1.165) is 32.8 Å². The summed E-state index contributed by atoms with van der Waals surface area (Å²) in [6.07, 6.45) is 0. The average Bonchev–Trinajstić information content (AvgIpc) is 3.50. The van der Waals surface area contributed by atoms with Crippen LogP contribution in [0.4, 0.5) is 0 Å². The first-order valence-electron chi connectivity index (χ1n) is 15.0. The van der Waals surface area contributed by atoms with Crippen LogP contribution in [0.3, 0.4) is 0 Å². The highest BCUT2D eigenvalue weighted by molar-refractivity contribution is 7.26. The van der Waals surface area contributed by atoms with Crippen molar-refractivity contribution in [2.24, 2.45) is 0 Å². The highest BCUT2D eigenvalue weighted by atomic mass is 32.1. The summed E-state index contributed by atoms with van der Waals surface area (Å²) in [5, 5.41) is 7.08. The topological polar surface area (TPSA) is 38.7 Å². The molecule has 210 valence electrons. The lowest BCUT2D eigenvalue weighted by Crippen LogP contribution is -2.00. The van der Waals surface area contributed by atoms with Crippen molar-refractivity contribution in [2.75, 3.05) is 0 Å². The normalized spacial score (nSPS) is 11.6. The third-order valence-electron chi connectivity index (χ3n) is 8.52. The second kappa shape index (κ2) is 10.5. The van der Waals surface area contributed by atoms with Crippen molar-refractivity contribution >= 4 is 53.1 Å². The van der Waals surface area contributed by atoms with Crippen LogP contribution >= 0.6 is 11.3 Å². The number of hydrogen-bond donors (Lipinski definition) is 0. The summed E-state index contributed by atoms with van der Waals surface area (Å²) in [5.41, 5.74) is 5.35. The van der Waals surface area contributed by atoms with Gasteiger partial charge in [-0.1, -0.05) is 127 Å². The Kier molecular flexibility index (Phi) is 6.00. The molecule has 0 atom stereocenters. The molecule has 0 aliphatic heterocycles. The van der Waals surface area contributed by atoms with Crippen molar-refractivity contribution < 1.29 is 0 Å². The van der Waals surface area contributed by atoms with Gasteiger partial charge >= 0.3 is 0 Å². The summed E-state index contributed by atoms with van der Waals surface area (Å²) in [6, 6.07) is 53.3. The zero-order valence-electron chi connectivity index (χ0n) is 24.2. The van der Waals surface area contributed by atoms with Gasteiger partial charge in [0.2, 0.25) is 0 Å². The maximum atomic E-state index is 5.17. The van der Waals surface area contributed by atoms with Gasteiger partial charge in [-0.05, 0) is 56.9 Å². The number of hydrogen-bond acceptors (Lipinski definition) is 4. The molecule has 0 saturated carbocycles. The smallest absolute Gasteiger partial charge is 0.165 e. The van der Waals surface area contributed by atoms with Crippen LogP contribution in [0.25, 0.3) is 87.0 Å². The Morgan fingerprint density at radius 2 is 0.978 bits per heavy atom. The van der Waals surface area contributed by atoms with Gasteiger partial charge in [-0.15, -0.1) is 11.3 Å². The molecule has 2 heterocycles. The quantitative estimate of drug-likeness (QED) is 0.204. The molecule has 0 aliphatic rings. The summed E-state index contributed by atoms with van der Waals surface area (Å²) in [6.45, 7) is 0. The molecule has 45 heavy (non-hydrogen) atoms. The average molecular weight is 592 g/mol. The molecule has 2 aromatic heterocycles. The van der Waals surface area contributed by atoms with Crippen LogP contribution in [0.15, 0.2) is 152 Å². The Hall–Kier alpha value is -5.71. The zero-order valence-corrected chi connectivity index (χ0v) is 25.0. The maximum absolute atomic E-state index is 5.17. The van der Waals surface area contributed by atoms with Crippen LogP contribution in [0.5, 0.6) is 0 Å². The van der Waals surface area contributed by atoms with Gasteiger partial charge in [-0.2, -0.15) is 0 Å². The van der Waals surface area contributed by atoms with Crippen molar-refractivity contribution in [1.82, 2.24) is 15.0 Å². The molecule has 0 aliphatic carbocycles. The minimum absolute atomic E-state index is 0.660. The molecule has 0 unspecified atom stereocenters. The fraction of sp³-hybridized carbons (Fsp3) is 0. The SMILES string of the molecule is c1ccc(-c2ccc3ccc(-c4nc(-c5cccc6ccccc56)nc(-c5cccc6c5sc5ccccc56)n4)cc3c2)cc1. The molecular weight excluding hydrogens is 567 g/mol. The first-order valence-corrected chi connectivity index (χ1v) is 15.8. The highest BCUT2D eigenvalue weighted by Crippen LogP contribution is 2.40. The van der Waals surface area contributed by atoms with Gasteiger partial charge in [0.1, 0.15) is 0 Å². The van der Waals surface area contributed by atoms with E-state index in [1.165, 1.54) is 36.7 Å². The highest BCUT2D eigenvalue weighted by Gasteiger charge is 2.18. The molecule has 7 aromatic carbocycles. The van der Waals surface area contributed by atoms with Gasteiger partial charge in [0.05, 0.1) is 0 Å². The van der Waals surface area contributed by atoms with E-state index in [2.05, 4.69) is 146 Å². The van der Waals surface area contributed by atoms with E-state index in [9.17, 15) is 0 Å². The van der Waals surface area contributed by atoms with Crippen molar-refractivity contribution in [3.63, 3.8) is 0 Å². The van der Waals surface area contributed by atoms with Gasteiger partial charge < -0.3 is 0 Å². The molecule has 0 radical (unpaired) electrons. The summed E-state index contributed by atoms with van der Waals surface area (Å²) in [7, 11) is 0. The first-order chi connectivity index (χ1) is 22.3. The van der Waals surface area contributed by atoms with Crippen LogP contribution in [-0.2, 0) is 0 Å². The van der Waals surface area contributed by atoms with Gasteiger partial charge in [0.25, 0.3) is 0 Å². The monoisotopic (exact) mass is 591 g/mol. The number of aromatic nitrogens is 3. The fourth-order valence-corrected chi connectivity index (χ4v) is 7.50. The molecule has 3 nitrogen and oxygen atoms in total. The lowest BCUT2D eigenvalue weighted by atomic mass is 9.99. The summed E-state index contributed by atoms with van der Waals surface area (Å²) in [4.78, 5) is 15.5. The predicted molar refractivity (Wildman–Crippen MR) is 189 cm³/mol. The molecule has 0 spiro atoms. The third kappa shape index (κ3) is 4.46. The fourth-order valence-electron chi connectivity index (χ4n) is 6.29. The largest absolute Gasteiger partial charge is 0.208 e. The van der Waals surface area contributed by atoms with E-state index >= 15 is 0 Å². The Morgan fingerprint density at radius 3 is 1.87 bits per heavy atom. The van der Waals surface area contributed by atoms with Gasteiger partial charge in [-0.3, -0.25) is 0 Å². The predicted octanol–water partition coefficient (Wildman–Crippen LogP) is 11.2. The van der Waals surface area contributed by atoms with Gasteiger partial charge in [0.15, 0.2) is 17.5 Å². The molecule has 9 rings (SSSR count). The zero-order chi connectivity index (χ0) is 29.7. The first kappa shape index (κ1) is 25.8. The number of thiophene rings is 1. The van der Waals surface area contributed by atoms with Gasteiger partial charge in [-0.25, -0.2) is 15.0 Å². The summed E-state index contributed by atoms with van der Waals surface area (Å²) in [5.74, 6) is 2.01. The minimum Gasteiger partial charge on any atom is -0.208 e. The van der Waals surface area contributed by atoms with Crippen LogP contribution in [0, 0.1) is 0 Å². The van der Waals surface area contributed by atoms with E-state index < -0.39 is 0 Å². The van der Waals surface area contributed by atoms with Crippen LogP contribution in [0.2, 0.25) is 0 Å². The molecule has 0 bridgehead atoms. The van der Waals surface area contributed by atoms with Crippen molar-refractivity contribution in [3.8, 4) is 45.3 Å². The lowest BCUT2D eigenvalue weighted by molar-refractivity contribution is 1.08. The number of rotatable bonds is 4. The maximum Gasteiger partial charge on any atom is 0.165 e. The van der Waals surface area contributed by atoms with Crippen LogP contribution in [0.1, 0.15) is 0 Å². The van der Waals surface area contributed by atoms with Gasteiger partial charge in [0, 0.05) is 36.9 Å². The summed E-state index contributed by atoms with van der Waals surface area (Å²) >= 11 is 1.79. The van der Waals surface area contributed by atoms with Crippen molar-refractivity contribution in [3.05, 3.63) is 152 Å². The number of nitrogens with zero attached hydrogens (tertiary/aromatic N) is 3. The standard InChI is InChI=1S/C41H25N3S/c1-2-10-26(11-3-1)29-22-20-27-21-23-30(25-31(27)24-29)39-42-40(35-17-8-13-28-12-4-5-14-32(28)35)44-41(43-39)36-18-9-16-34-33-15-6-7-19-37(33)45-38(34)36/h1-25H. The second-order valence-electron chi connectivity index (χ2n) is 11.3. The molecule has 0 amide bonds. The summed E-state index contributed by atoms with van der Waals surface area (Å²) < 4.78 is 2.44. The minimum atomic E-state index is 0.660. The number of benzene rings is 7. The van der Waals surface area contributed by atoms with Crippen molar-refractivity contribution in [2.45, 2.75) is 0 Å². The van der Waals surface area contributed by atoms with Crippen molar-refractivity contribution in [1.29, 1.82) is 0 Å². The van der Waals surface area contributed by atoms with E-state index in [4.69, 9.17) is 15.0 Å². The number of fused-ring (bicyclic) bond motifs is 5. The van der Waals surface area contributed by atoms with E-state index in [1.807, 2.05) is 6.07 Å². The molecule has 0 saturated heterocycles. The Morgan fingerprint density at radius 1 is 0.356 bits per heavy atom. The van der Waals surface area contributed by atoms with Crippen LogP contribution < -0.4 is 0 Å². The van der Waals surface area contributed by atoms with Crippen LogP contribution in [-0.4, -0.2) is 15.0 Å². The Labute approximate surface area is 264 Å². The lowest BCUT2D eigenvalue weighted by Gasteiger charge is -2.11. The molecule has 9 aromatic rings. The molecule has 0 fully saturated rings. The molecule has 4 heteroatoms. The van der Waals surface area contributed by atoms with E-state index in [0.29, 0.717) is 17.5 Å². The Bertz CT molecular complexity index is 2540. The van der Waals surface area contributed by atoms with E-state index in [-0.39, 0.29) is 0 Å². The molecular formula is C41H25N3S. The molecule has 0 N–H and O–H groups in total. The van der Waals surface area contributed by atoms with E-state index in [1.54, 1.807) is 11.3 Å². The Balaban J connectivity index is 1.28. The third-order valence-corrected chi connectivity index (χ3v) is 9.74.